The van der Waals surface area contributed by atoms with Gasteiger partial charge < -0.3 is 4.90 Å². The Morgan fingerprint density at radius 2 is 1.67 bits per heavy atom. The van der Waals surface area contributed by atoms with Crippen LogP contribution in [0.3, 0.4) is 0 Å². The number of nitrogens with zero attached hydrogens (tertiary/aromatic N) is 1. The quantitative estimate of drug-likeness (QED) is 0.539. The molecule has 0 aromatic heterocycles. The van der Waals surface area contributed by atoms with Gasteiger partial charge in [-0.1, -0.05) is 32.6 Å². The zero-order valence-electron chi connectivity index (χ0n) is 8.68. The SMILES string of the molecule is CC1CCCCCCCN(C)C1. The van der Waals surface area contributed by atoms with Gasteiger partial charge in [0.1, 0.15) is 0 Å². The average molecular weight is 169 g/mol. The van der Waals surface area contributed by atoms with Crippen molar-refractivity contribution >= 4 is 0 Å². The molecule has 1 aliphatic rings. The Morgan fingerprint density at radius 1 is 1.00 bits per heavy atom. The first-order valence-electron chi connectivity index (χ1n) is 5.47. The van der Waals surface area contributed by atoms with Crippen molar-refractivity contribution in [3.8, 4) is 0 Å². The van der Waals surface area contributed by atoms with E-state index >= 15 is 0 Å². The van der Waals surface area contributed by atoms with Crippen LogP contribution >= 0.6 is 0 Å². The average Bonchev–Trinajstić information content (AvgIpc) is 2.02. The minimum absolute atomic E-state index is 0.910. The summed E-state index contributed by atoms with van der Waals surface area (Å²) in [4.78, 5) is 2.50. The van der Waals surface area contributed by atoms with Gasteiger partial charge in [-0.2, -0.15) is 0 Å². The molecule has 1 unspecified atom stereocenters. The lowest BCUT2D eigenvalue weighted by atomic mass is 10.00. The molecule has 1 atom stereocenters. The summed E-state index contributed by atoms with van der Waals surface area (Å²) >= 11 is 0. The smallest absolute Gasteiger partial charge is 0.000397 e. The highest BCUT2D eigenvalue weighted by Crippen LogP contribution is 2.14. The zero-order valence-corrected chi connectivity index (χ0v) is 8.68. The normalized spacial score (nSPS) is 30.0. The Labute approximate surface area is 77.1 Å². The molecule has 0 saturated carbocycles. The summed E-state index contributed by atoms with van der Waals surface area (Å²) in [5, 5.41) is 0. The van der Waals surface area contributed by atoms with E-state index in [1.54, 1.807) is 0 Å². The highest BCUT2D eigenvalue weighted by Gasteiger charge is 2.07. The lowest BCUT2D eigenvalue weighted by molar-refractivity contribution is 0.261. The van der Waals surface area contributed by atoms with Crippen LogP contribution in [-0.4, -0.2) is 25.0 Å². The van der Waals surface area contributed by atoms with Crippen molar-refractivity contribution in [2.24, 2.45) is 5.92 Å². The number of hydrogen-bond acceptors (Lipinski definition) is 1. The van der Waals surface area contributed by atoms with E-state index in [0.717, 1.165) is 5.92 Å². The van der Waals surface area contributed by atoms with Gasteiger partial charge >= 0.3 is 0 Å². The summed E-state index contributed by atoms with van der Waals surface area (Å²) in [6, 6.07) is 0. The van der Waals surface area contributed by atoms with Crippen LogP contribution in [0.15, 0.2) is 0 Å². The van der Waals surface area contributed by atoms with Crippen LogP contribution in [0.4, 0.5) is 0 Å². The topological polar surface area (TPSA) is 3.24 Å². The van der Waals surface area contributed by atoms with E-state index < -0.39 is 0 Å². The molecule has 1 fully saturated rings. The van der Waals surface area contributed by atoms with E-state index in [1.165, 1.54) is 51.6 Å². The Kier molecular flexibility index (Phi) is 4.67. The number of rotatable bonds is 0. The first-order valence-corrected chi connectivity index (χ1v) is 5.47. The summed E-state index contributed by atoms with van der Waals surface area (Å²) in [6.45, 7) is 5.00. The Morgan fingerprint density at radius 3 is 2.50 bits per heavy atom. The van der Waals surface area contributed by atoms with Gasteiger partial charge in [-0.05, 0) is 32.4 Å². The predicted molar refractivity (Wildman–Crippen MR) is 54.4 cm³/mol. The van der Waals surface area contributed by atoms with Crippen LogP contribution in [0.1, 0.15) is 45.4 Å². The molecule has 0 aromatic carbocycles. The van der Waals surface area contributed by atoms with Crippen molar-refractivity contribution in [3.05, 3.63) is 0 Å². The molecule has 1 rings (SSSR count). The Bertz CT molecular complexity index is 99.6. The molecular weight excluding hydrogens is 146 g/mol. The minimum atomic E-state index is 0.910. The van der Waals surface area contributed by atoms with Gasteiger partial charge in [-0.3, -0.25) is 0 Å². The number of hydrogen-bond donors (Lipinski definition) is 0. The van der Waals surface area contributed by atoms with E-state index in [0.29, 0.717) is 0 Å². The van der Waals surface area contributed by atoms with E-state index in [4.69, 9.17) is 0 Å². The van der Waals surface area contributed by atoms with Gasteiger partial charge in [-0.15, -0.1) is 0 Å². The summed E-state index contributed by atoms with van der Waals surface area (Å²) < 4.78 is 0. The summed E-state index contributed by atoms with van der Waals surface area (Å²) in [5.41, 5.74) is 0. The molecule has 1 heteroatoms. The molecule has 0 aliphatic carbocycles. The van der Waals surface area contributed by atoms with Crippen LogP contribution in [0, 0.1) is 5.92 Å². The van der Waals surface area contributed by atoms with Crippen molar-refractivity contribution in [1.29, 1.82) is 0 Å². The van der Waals surface area contributed by atoms with Crippen molar-refractivity contribution < 1.29 is 0 Å². The first-order chi connectivity index (χ1) is 5.79. The largest absolute Gasteiger partial charge is 0.306 e. The second-order valence-electron chi connectivity index (χ2n) is 4.42. The maximum atomic E-state index is 2.50. The lowest BCUT2D eigenvalue weighted by Crippen LogP contribution is -2.26. The van der Waals surface area contributed by atoms with Crippen molar-refractivity contribution in [1.82, 2.24) is 4.90 Å². The monoisotopic (exact) mass is 169 g/mol. The molecule has 0 aromatic rings. The van der Waals surface area contributed by atoms with E-state index in [-0.39, 0.29) is 0 Å². The third kappa shape index (κ3) is 4.10. The van der Waals surface area contributed by atoms with Crippen molar-refractivity contribution in [2.45, 2.75) is 45.4 Å². The molecule has 1 nitrogen and oxygen atoms in total. The van der Waals surface area contributed by atoms with Crippen LogP contribution in [0.5, 0.6) is 0 Å². The van der Waals surface area contributed by atoms with Gasteiger partial charge in [0.2, 0.25) is 0 Å². The highest BCUT2D eigenvalue weighted by molar-refractivity contribution is 4.62. The second-order valence-corrected chi connectivity index (χ2v) is 4.42. The van der Waals surface area contributed by atoms with E-state index in [9.17, 15) is 0 Å². The first kappa shape index (κ1) is 10.0. The van der Waals surface area contributed by atoms with Crippen LogP contribution in [-0.2, 0) is 0 Å². The molecule has 0 spiro atoms. The molecule has 0 radical (unpaired) electrons. The Hall–Kier alpha value is -0.0400. The van der Waals surface area contributed by atoms with Gasteiger partial charge in [0.05, 0.1) is 0 Å². The van der Waals surface area contributed by atoms with Gasteiger partial charge in [0.25, 0.3) is 0 Å². The Balaban J connectivity index is 2.24. The van der Waals surface area contributed by atoms with E-state index in [2.05, 4.69) is 18.9 Å². The molecule has 0 bridgehead atoms. The maximum absolute atomic E-state index is 2.50. The van der Waals surface area contributed by atoms with Gasteiger partial charge in [-0.25, -0.2) is 0 Å². The molecular formula is C11H23N. The molecule has 12 heavy (non-hydrogen) atoms. The fraction of sp³-hybridized carbons (Fsp3) is 1.00. The molecule has 0 amide bonds. The van der Waals surface area contributed by atoms with Crippen LogP contribution < -0.4 is 0 Å². The fourth-order valence-electron chi connectivity index (χ4n) is 2.12. The predicted octanol–water partition coefficient (Wildman–Crippen LogP) is 2.91. The standard InChI is InChI=1S/C11H23N/c1-11-8-6-4-3-5-7-9-12(2)10-11/h11H,3-10H2,1-2H3. The van der Waals surface area contributed by atoms with Crippen LogP contribution in [0.25, 0.3) is 0 Å². The molecule has 1 saturated heterocycles. The maximum Gasteiger partial charge on any atom is 0.000397 e. The molecule has 0 N–H and O–H groups in total. The third-order valence-corrected chi connectivity index (χ3v) is 2.86. The molecule has 1 heterocycles. The zero-order chi connectivity index (χ0) is 8.81. The lowest BCUT2D eigenvalue weighted by Gasteiger charge is -2.22. The summed E-state index contributed by atoms with van der Waals surface area (Å²) in [5.74, 6) is 0.910. The minimum Gasteiger partial charge on any atom is -0.306 e. The molecule has 72 valence electrons. The fourth-order valence-corrected chi connectivity index (χ4v) is 2.12. The van der Waals surface area contributed by atoms with Crippen molar-refractivity contribution in [3.63, 3.8) is 0 Å². The summed E-state index contributed by atoms with van der Waals surface area (Å²) in [6.07, 6.45) is 8.66. The summed E-state index contributed by atoms with van der Waals surface area (Å²) in [7, 11) is 2.26. The second kappa shape index (κ2) is 5.58. The molecule has 1 aliphatic heterocycles. The van der Waals surface area contributed by atoms with Gasteiger partial charge in [0.15, 0.2) is 0 Å². The van der Waals surface area contributed by atoms with Crippen molar-refractivity contribution in [2.75, 3.05) is 20.1 Å². The van der Waals surface area contributed by atoms with Crippen LogP contribution in [0.2, 0.25) is 0 Å². The third-order valence-electron chi connectivity index (χ3n) is 2.86. The van der Waals surface area contributed by atoms with E-state index in [1.807, 2.05) is 0 Å². The van der Waals surface area contributed by atoms with Gasteiger partial charge in [0, 0.05) is 6.54 Å². The highest BCUT2D eigenvalue weighted by atomic mass is 15.1.